The normalized spacial score (nSPS) is 16.1. The van der Waals surface area contributed by atoms with Crippen LogP contribution in [0.5, 0.6) is 0 Å². The molecule has 0 spiro atoms. The molecular formula is C32H36N4O6. The Morgan fingerprint density at radius 2 is 1.19 bits per heavy atom. The number of carbonyl (C=O) groups excluding carboxylic acids is 4. The molecule has 2 N–H and O–H groups in total. The summed E-state index contributed by atoms with van der Waals surface area (Å²) in [5.41, 5.74) is 2.05. The average Bonchev–Trinajstić information content (AvgIpc) is 3.65. The number of hydrogen-bond acceptors (Lipinski definition) is 8. The molecule has 220 valence electrons. The minimum atomic E-state index is -1.08. The monoisotopic (exact) mass is 572 g/mol. The maximum absolute atomic E-state index is 13.7. The zero-order chi connectivity index (χ0) is 29.6. The number of rotatable bonds is 12. The first kappa shape index (κ1) is 29.2. The highest BCUT2D eigenvalue weighted by atomic mass is 16.4. The molecule has 5 rings (SSSR count). The van der Waals surface area contributed by atoms with E-state index < -0.39 is 41.4 Å². The minimum absolute atomic E-state index is 0.0911. The summed E-state index contributed by atoms with van der Waals surface area (Å²) >= 11 is 0. The number of para-hydroxylation sites is 4. The molecule has 1 aliphatic rings. The molecule has 10 heteroatoms. The number of Topliss-reactive ketones (excluding diaryl/α,β-unsaturated/α-hetero) is 2. The van der Waals surface area contributed by atoms with Crippen LogP contribution >= 0.6 is 0 Å². The molecule has 0 aliphatic heterocycles. The second-order valence-corrected chi connectivity index (χ2v) is 10.9. The van der Waals surface area contributed by atoms with Crippen molar-refractivity contribution in [3.63, 3.8) is 0 Å². The minimum Gasteiger partial charge on any atom is -0.434 e. The van der Waals surface area contributed by atoms with E-state index in [9.17, 15) is 19.2 Å². The fraction of sp³-hybridized carbons (Fsp3) is 0.438. The lowest BCUT2D eigenvalue weighted by molar-refractivity contribution is -0.136. The van der Waals surface area contributed by atoms with Gasteiger partial charge in [-0.05, 0) is 49.4 Å². The van der Waals surface area contributed by atoms with Gasteiger partial charge in [-0.3, -0.25) is 19.2 Å². The van der Waals surface area contributed by atoms with Crippen molar-refractivity contribution >= 4 is 45.6 Å². The zero-order valence-electron chi connectivity index (χ0n) is 23.9. The van der Waals surface area contributed by atoms with E-state index in [0.717, 1.165) is 32.1 Å². The summed E-state index contributed by atoms with van der Waals surface area (Å²) in [7, 11) is 0. The highest BCUT2D eigenvalue weighted by Crippen LogP contribution is 2.30. The molecule has 42 heavy (non-hydrogen) atoms. The van der Waals surface area contributed by atoms with Gasteiger partial charge in [-0.15, -0.1) is 0 Å². The molecule has 2 amide bonds. The van der Waals surface area contributed by atoms with E-state index in [2.05, 4.69) is 20.6 Å². The van der Waals surface area contributed by atoms with Gasteiger partial charge in [0.15, 0.2) is 11.2 Å². The van der Waals surface area contributed by atoms with Crippen LogP contribution in [0.4, 0.5) is 0 Å². The molecule has 3 atom stereocenters. The van der Waals surface area contributed by atoms with E-state index in [4.69, 9.17) is 8.83 Å². The standard InChI is InChI=1S/C32H36N4O6/c1-3-21(27(37)31-35-23-14-8-10-16-25(23)41-31)33-29(39)20(18-19-12-6-5-7-13-19)30(40)34-22(4-2)28(38)32-36-24-15-9-11-17-26(24)42-32/h8-11,14-17,19-22H,3-7,12-13,18H2,1-2H3,(H,33,39)(H,34,40)/t20?,21-,22?/m0/s1. The fourth-order valence-electron chi connectivity index (χ4n) is 5.59. The predicted molar refractivity (Wildman–Crippen MR) is 156 cm³/mol. The fourth-order valence-corrected chi connectivity index (χ4v) is 5.59. The third kappa shape index (κ3) is 6.42. The quantitative estimate of drug-likeness (QED) is 0.169. The van der Waals surface area contributed by atoms with E-state index in [1.165, 1.54) is 0 Å². The molecule has 2 aromatic heterocycles. The third-order valence-electron chi connectivity index (χ3n) is 8.02. The Hall–Kier alpha value is -4.34. The van der Waals surface area contributed by atoms with Crippen molar-refractivity contribution in [2.24, 2.45) is 11.8 Å². The topological polar surface area (TPSA) is 144 Å². The van der Waals surface area contributed by atoms with Crippen molar-refractivity contribution in [3.05, 3.63) is 60.3 Å². The van der Waals surface area contributed by atoms with Gasteiger partial charge in [-0.25, -0.2) is 9.97 Å². The lowest BCUT2D eigenvalue weighted by Crippen LogP contribution is -2.51. The Labute approximate surface area is 243 Å². The van der Waals surface area contributed by atoms with Crippen molar-refractivity contribution in [3.8, 4) is 0 Å². The molecular weight excluding hydrogens is 536 g/mol. The summed E-state index contributed by atoms with van der Waals surface area (Å²) in [6.45, 7) is 3.54. The molecule has 0 bridgehead atoms. The third-order valence-corrected chi connectivity index (χ3v) is 8.02. The Morgan fingerprint density at radius 1 is 0.738 bits per heavy atom. The second kappa shape index (κ2) is 13.1. The summed E-state index contributed by atoms with van der Waals surface area (Å²) in [6, 6.07) is 12.2. The van der Waals surface area contributed by atoms with Crippen LogP contribution in [0.1, 0.15) is 86.6 Å². The highest BCUT2D eigenvalue weighted by molar-refractivity contribution is 6.06. The van der Waals surface area contributed by atoms with E-state index in [0.29, 0.717) is 28.6 Å². The Bertz CT molecular complexity index is 1410. The van der Waals surface area contributed by atoms with Crippen LogP contribution in [0.25, 0.3) is 22.2 Å². The highest BCUT2D eigenvalue weighted by Gasteiger charge is 2.36. The van der Waals surface area contributed by atoms with Crippen molar-refractivity contribution in [1.82, 2.24) is 20.6 Å². The molecule has 1 fully saturated rings. The Kier molecular flexibility index (Phi) is 9.09. The lowest BCUT2D eigenvalue weighted by atomic mass is 9.82. The number of benzene rings is 2. The number of hydrogen-bond donors (Lipinski definition) is 2. The first-order valence-electron chi connectivity index (χ1n) is 14.8. The molecule has 0 saturated heterocycles. The average molecular weight is 573 g/mol. The molecule has 2 heterocycles. The van der Waals surface area contributed by atoms with Crippen molar-refractivity contribution in [2.45, 2.75) is 77.3 Å². The van der Waals surface area contributed by atoms with Gasteiger partial charge in [0.25, 0.3) is 11.8 Å². The number of nitrogens with zero attached hydrogens (tertiary/aromatic N) is 2. The van der Waals surface area contributed by atoms with Gasteiger partial charge in [-0.2, -0.15) is 0 Å². The van der Waals surface area contributed by atoms with E-state index >= 15 is 0 Å². The number of amides is 2. The SMILES string of the molecule is CCC(NC(=O)C(CC1CCCCC1)C(=O)N[C@@H](CC)C(=O)c1nc2ccccc2o1)C(=O)c1nc2ccccc2o1. The number of fused-ring (bicyclic) bond motifs is 2. The molecule has 2 aromatic carbocycles. The number of oxazole rings is 2. The molecule has 2 unspecified atom stereocenters. The van der Waals surface area contributed by atoms with Gasteiger partial charge in [0.05, 0.1) is 12.1 Å². The number of ketones is 2. The van der Waals surface area contributed by atoms with Crippen LogP contribution in [0.3, 0.4) is 0 Å². The predicted octanol–water partition coefficient (Wildman–Crippen LogP) is 5.41. The van der Waals surface area contributed by atoms with Crippen LogP contribution < -0.4 is 10.6 Å². The van der Waals surface area contributed by atoms with Gasteiger partial charge >= 0.3 is 0 Å². The second-order valence-electron chi connectivity index (χ2n) is 10.9. The van der Waals surface area contributed by atoms with Crippen LogP contribution in [0, 0.1) is 11.8 Å². The summed E-state index contributed by atoms with van der Waals surface area (Å²) in [5.74, 6) is -3.10. The van der Waals surface area contributed by atoms with Gasteiger partial charge in [-0.1, -0.05) is 70.2 Å². The van der Waals surface area contributed by atoms with Crippen molar-refractivity contribution in [2.75, 3.05) is 0 Å². The van der Waals surface area contributed by atoms with Crippen LogP contribution in [0.15, 0.2) is 57.4 Å². The number of nitrogens with one attached hydrogen (secondary N) is 2. The Morgan fingerprint density at radius 3 is 1.62 bits per heavy atom. The summed E-state index contributed by atoms with van der Waals surface area (Å²) < 4.78 is 11.3. The van der Waals surface area contributed by atoms with E-state index in [1.807, 2.05) is 0 Å². The summed E-state index contributed by atoms with van der Waals surface area (Å²) in [6.07, 6.45) is 5.98. The number of aromatic nitrogens is 2. The van der Waals surface area contributed by atoms with E-state index in [1.54, 1.807) is 62.4 Å². The van der Waals surface area contributed by atoms with Gasteiger partial charge in [0.1, 0.15) is 17.0 Å². The summed E-state index contributed by atoms with van der Waals surface area (Å²) in [4.78, 5) is 62.4. The maximum atomic E-state index is 13.7. The van der Waals surface area contributed by atoms with Crippen LogP contribution in [-0.4, -0.2) is 45.4 Å². The first-order valence-corrected chi connectivity index (χ1v) is 14.8. The first-order chi connectivity index (χ1) is 20.4. The maximum Gasteiger partial charge on any atom is 0.266 e. The van der Waals surface area contributed by atoms with Gasteiger partial charge in [0, 0.05) is 0 Å². The smallest absolute Gasteiger partial charge is 0.266 e. The zero-order valence-corrected chi connectivity index (χ0v) is 23.9. The van der Waals surface area contributed by atoms with Crippen LogP contribution in [-0.2, 0) is 9.59 Å². The number of carbonyl (C=O) groups is 4. The molecule has 0 radical (unpaired) electrons. The largest absolute Gasteiger partial charge is 0.434 e. The van der Waals surface area contributed by atoms with Crippen molar-refractivity contribution < 1.29 is 28.0 Å². The van der Waals surface area contributed by atoms with Gasteiger partial charge in [0.2, 0.25) is 23.4 Å². The van der Waals surface area contributed by atoms with Crippen molar-refractivity contribution in [1.29, 1.82) is 0 Å². The molecule has 10 nitrogen and oxygen atoms in total. The molecule has 1 aliphatic carbocycles. The summed E-state index contributed by atoms with van der Waals surface area (Å²) in [5, 5.41) is 5.57. The molecule has 4 aromatic rings. The Balaban J connectivity index is 1.33. The van der Waals surface area contributed by atoms with E-state index in [-0.39, 0.29) is 30.5 Å². The van der Waals surface area contributed by atoms with Crippen LogP contribution in [0.2, 0.25) is 0 Å². The lowest BCUT2D eigenvalue weighted by Gasteiger charge is -2.27. The van der Waals surface area contributed by atoms with Gasteiger partial charge < -0.3 is 19.5 Å². The molecule has 1 saturated carbocycles.